The summed E-state index contributed by atoms with van der Waals surface area (Å²) in [5.41, 5.74) is 0.517. The maximum atomic E-state index is 14.1. The first-order chi connectivity index (χ1) is 9.85. The molecule has 0 fully saturated rings. The molecule has 21 heavy (non-hydrogen) atoms. The van der Waals surface area contributed by atoms with E-state index >= 15 is 0 Å². The third-order valence-corrected chi connectivity index (χ3v) is 3.83. The Hall–Kier alpha value is -1.58. The fraction of sp³-hybridized carbons (Fsp3) is 0.294. The molecule has 0 radical (unpaired) electrons. The summed E-state index contributed by atoms with van der Waals surface area (Å²) in [5.74, 6) is -0.175. The largest absolute Gasteiger partial charge is 0.496 e. The molecule has 0 heterocycles. The monoisotopic (exact) mass is 308 g/mol. The van der Waals surface area contributed by atoms with E-state index < -0.39 is 11.4 Å². The van der Waals surface area contributed by atoms with Crippen LogP contribution in [0.4, 0.5) is 4.39 Å². The van der Waals surface area contributed by atoms with Gasteiger partial charge in [-0.2, -0.15) is 0 Å². The average Bonchev–Trinajstić information content (AvgIpc) is 2.41. The minimum atomic E-state index is -1.42. The molecule has 0 spiro atoms. The molecular formula is C17H18ClFO2. The molecule has 2 nitrogen and oxygen atoms in total. The molecule has 2 aromatic rings. The molecular weight excluding hydrogens is 291 g/mol. The Balaban J connectivity index is 2.43. The molecule has 1 N–H and O–H groups in total. The summed E-state index contributed by atoms with van der Waals surface area (Å²) in [7, 11) is 1.45. The van der Waals surface area contributed by atoms with Crippen LogP contribution in [0.1, 0.15) is 23.6 Å². The normalized spacial score (nSPS) is 13.8. The van der Waals surface area contributed by atoms with Gasteiger partial charge in [-0.25, -0.2) is 4.39 Å². The van der Waals surface area contributed by atoms with E-state index in [4.69, 9.17) is 16.3 Å². The van der Waals surface area contributed by atoms with Crippen LogP contribution in [-0.2, 0) is 12.0 Å². The Morgan fingerprint density at radius 3 is 2.62 bits per heavy atom. The van der Waals surface area contributed by atoms with Gasteiger partial charge in [0.05, 0.1) is 18.3 Å². The summed E-state index contributed by atoms with van der Waals surface area (Å²) in [6.45, 7) is 3.50. The van der Waals surface area contributed by atoms with Crippen LogP contribution in [-0.4, -0.2) is 12.2 Å². The van der Waals surface area contributed by atoms with Gasteiger partial charge in [-0.3, -0.25) is 0 Å². The summed E-state index contributed by atoms with van der Waals surface area (Å²) in [4.78, 5) is 0. The SMILES string of the molecule is COc1cccc(F)c1C(C)(O)Cc1ccc(C)cc1Cl. The molecule has 0 aliphatic carbocycles. The first-order valence-electron chi connectivity index (χ1n) is 6.65. The Bertz CT molecular complexity index is 653. The second-order valence-electron chi connectivity index (χ2n) is 5.36. The molecule has 1 atom stereocenters. The molecule has 112 valence electrons. The van der Waals surface area contributed by atoms with Crippen molar-refractivity contribution in [1.82, 2.24) is 0 Å². The number of halogens is 2. The van der Waals surface area contributed by atoms with Gasteiger partial charge in [0, 0.05) is 11.4 Å². The standard InChI is InChI=1S/C17H18ClFO2/c1-11-7-8-12(13(18)9-11)10-17(2,20)16-14(19)5-4-6-15(16)21-3/h4-9,20H,10H2,1-3H3. The maximum Gasteiger partial charge on any atom is 0.133 e. The molecule has 4 heteroatoms. The number of hydrogen-bond acceptors (Lipinski definition) is 2. The minimum absolute atomic E-state index is 0.143. The highest BCUT2D eigenvalue weighted by molar-refractivity contribution is 6.31. The summed E-state index contributed by atoms with van der Waals surface area (Å²) >= 11 is 6.20. The van der Waals surface area contributed by atoms with Crippen LogP contribution < -0.4 is 4.74 Å². The van der Waals surface area contributed by atoms with Crippen molar-refractivity contribution in [1.29, 1.82) is 0 Å². The van der Waals surface area contributed by atoms with E-state index in [0.29, 0.717) is 10.8 Å². The molecule has 2 aromatic carbocycles. The van der Waals surface area contributed by atoms with Crippen LogP contribution in [0.3, 0.4) is 0 Å². The van der Waals surface area contributed by atoms with E-state index in [1.165, 1.54) is 13.2 Å². The number of hydrogen-bond donors (Lipinski definition) is 1. The lowest BCUT2D eigenvalue weighted by molar-refractivity contribution is 0.0510. The smallest absolute Gasteiger partial charge is 0.133 e. The van der Waals surface area contributed by atoms with Crippen molar-refractivity contribution in [3.05, 3.63) is 63.9 Å². The lowest BCUT2D eigenvalue weighted by atomic mass is 9.87. The molecule has 0 aromatic heterocycles. The topological polar surface area (TPSA) is 29.5 Å². The number of aliphatic hydroxyl groups is 1. The van der Waals surface area contributed by atoms with E-state index in [-0.39, 0.29) is 12.0 Å². The van der Waals surface area contributed by atoms with Crippen molar-refractivity contribution in [3.8, 4) is 5.75 Å². The Kier molecular flexibility index (Phi) is 4.55. The lowest BCUT2D eigenvalue weighted by Gasteiger charge is -2.27. The van der Waals surface area contributed by atoms with Gasteiger partial charge in [-0.05, 0) is 43.2 Å². The van der Waals surface area contributed by atoms with Gasteiger partial charge in [-0.1, -0.05) is 29.8 Å². The molecule has 0 amide bonds. The highest BCUT2D eigenvalue weighted by Gasteiger charge is 2.31. The second kappa shape index (κ2) is 6.04. The van der Waals surface area contributed by atoms with E-state index in [0.717, 1.165) is 11.1 Å². The predicted octanol–water partition coefficient (Wildman–Crippen LogP) is 4.25. The van der Waals surface area contributed by atoms with Crippen molar-refractivity contribution < 1.29 is 14.2 Å². The van der Waals surface area contributed by atoms with Crippen LogP contribution in [0.2, 0.25) is 5.02 Å². The van der Waals surface area contributed by atoms with Crippen molar-refractivity contribution >= 4 is 11.6 Å². The summed E-state index contributed by atoms with van der Waals surface area (Å²) in [6, 6.07) is 10.1. The Morgan fingerprint density at radius 2 is 2.00 bits per heavy atom. The van der Waals surface area contributed by atoms with Crippen molar-refractivity contribution in [3.63, 3.8) is 0 Å². The number of benzene rings is 2. The summed E-state index contributed by atoms with van der Waals surface area (Å²) in [6.07, 6.45) is 0.198. The van der Waals surface area contributed by atoms with Gasteiger partial charge < -0.3 is 9.84 Å². The third kappa shape index (κ3) is 3.36. The van der Waals surface area contributed by atoms with E-state index in [1.807, 2.05) is 25.1 Å². The second-order valence-corrected chi connectivity index (χ2v) is 5.77. The fourth-order valence-corrected chi connectivity index (χ4v) is 2.75. The number of rotatable bonds is 4. The molecule has 0 aliphatic heterocycles. The van der Waals surface area contributed by atoms with E-state index in [1.54, 1.807) is 19.1 Å². The van der Waals surface area contributed by atoms with Gasteiger partial charge in [0.1, 0.15) is 11.6 Å². The quantitative estimate of drug-likeness (QED) is 0.915. The predicted molar refractivity (Wildman–Crippen MR) is 82.4 cm³/mol. The number of ether oxygens (including phenoxy) is 1. The molecule has 0 bridgehead atoms. The summed E-state index contributed by atoms with van der Waals surface area (Å²) in [5, 5.41) is 11.3. The van der Waals surface area contributed by atoms with E-state index in [9.17, 15) is 9.50 Å². The minimum Gasteiger partial charge on any atom is -0.496 e. The van der Waals surface area contributed by atoms with Crippen LogP contribution >= 0.6 is 11.6 Å². The Morgan fingerprint density at radius 1 is 1.29 bits per heavy atom. The first kappa shape index (κ1) is 15.8. The maximum absolute atomic E-state index is 14.1. The highest BCUT2D eigenvalue weighted by atomic mass is 35.5. The van der Waals surface area contributed by atoms with Crippen molar-refractivity contribution in [2.45, 2.75) is 25.9 Å². The zero-order valence-corrected chi connectivity index (χ0v) is 13.0. The average molecular weight is 309 g/mol. The van der Waals surface area contributed by atoms with Gasteiger partial charge in [0.15, 0.2) is 0 Å². The van der Waals surface area contributed by atoms with Crippen molar-refractivity contribution in [2.24, 2.45) is 0 Å². The highest BCUT2D eigenvalue weighted by Crippen LogP contribution is 2.36. The van der Waals surface area contributed by atoms with Gasteiger partial charge >= 0.3 is 0 Å². The number of methoxy groups -OCH3 is 1. The van der Waals surface area contributed by atoms with Gasteiger partial charge in [-0.15, -0.1) is 0 Å². The third-order valence-electron chi connectivity index (χ3n) is 3.48. The summed E-state index contributed by atoms with van der Waals surface area (Å²) < 4.78 is 19.3. The zero-order valence-electron chi connectivity index (χ0n) is 12.3. The Labute approximate surface area is 129 Å². The molecule has 0 saturated heterocycles. The molecule has 0 saturated carbocycles. The fourth-order valence-electron chi connectivity index (χ4n) is 2.45. The molecule has 0 aliphatic rings. The number of aryl methyl sites for hydroxylation is 1. The van der Waals surface area contributed by atoms with Crippen molar-refractivity contribution in [2.75, 3.05) is 7.11 Å². The van der Waals surface area contributed by atoms with Crippen LogP contribution in [0, 0.1) is 12.7 Å². The van der Waals surface area contributed by atoms with Crippen LogP contribution in [0.25, 0.3) is 0 Å². The van der Waals surface area contributed by atoms with Crippen LogP contribution in [0.5, 0.6) is 5.75 Å². The molecule has 2 rings (SSSR count). The van der Waals surface area contributed by atoms with Gasteiger partial charge in [0.25, 0.3) is 0 Å². The molecule has 1 unspecified atom stereocenters. The van der Waals surface area contributed by atoms with Gasteiger partial charge in [0.2, 0.25) is 0 Å². The lowest BCUT2D eigenvalue weighted by Crippen LogP contribution is -2.26. The first-order valence-corrected chi connectivity index (χ1v) is 7.03. The zero-order chi connectivity index (χ0) is 15.6. The van der Waals surface area contributed by atoms with E-state index in [2.05, 4.69) is 0 Å². The van der Waals surface area contributed by atoms with Crippen LogP contribution in [0.15, 0.2) is 36.4 Å².